The fourth-order valence-electron chi connectivity index (χ4n) is 3.68. The van der Waals surface area contributed by atoms with E-state index < -0.39 is 0 Å². The minimum absolute atomic E-state index is 0.00408. The number of amides is 1. The Kier molecular flexibility index (Phi) is 5.05. The second kappa shape index (κ2) is 7.14. The average Bonchev–Trinajstić information content (AvgIpc) is 2.59. The molecule has 1 atom stereocenters. The van der Waals surface area contributed by atoms with Crippen LogP contribution in [0.25, 0.3) is 0 Å². The van der Waals surface area contributed by atoms with Crippen LogP contribution in [0.5, 0.6) is 0 Å². The number of hydrogen-bond donors (Lipinski definition) is 1. The Labute approximate surface area is 160 Å². The molecule has 0 aliphatic carbocycles. The van der Waals surface area contributed by atoms with E-state index in [9.17, 15) is 9.18 Å². The molecule has 142 valence electrons. The third kappa shape index (κ3) is 4.02. The highest BCUT2D eigenvalue weighted by Crippen LogP contribution is 2.43. The third-order valence-corrected chi connectivity index (χ3v) is 5.29. The lowest BCUT2D eigenvalue weighted by atomic mass is 9.80. The largest absolute Gasteiger partial charge is 0.369 e. The van der Waals surface area contributed by atoms with Crippen LogP contribution in [0.15, 0.2) is 41.4 Å². The molecule has 1 heterocycles. The molecular formula is C22H26FN3O. The van der Waals surface area contributed by atoms with Crippen LogP contribution in [0, 0.1) is 5.82 Å². The van der Waals surface area contributed by atoms with E-state index in [1.54, 1.807) is 36.5 Å². The van der Waals surface area contributed by atoms with Gasteiger partial charge in [0.05, 0.1) is 5.69 Å². The monoisotopic (exact) mass is 367 g/mol. The van der Waals surface area contributed by atoms with Gasteiger partial charge in [-0.05, 0) is 68.1 Å². The maximum Gasteiger partial charge on any atom is 0.221 e. The van der Waals surface area contributed by atoms with Crippen molar-refractivity contribution in [1.82, 2.24) is 0 Å². The molecule has 2 aromatic rings. The van der Waals surface area contributed by atoms with E-state index in [1.807, 2.05) is 13.1 Å². The number of rotatable bonds is 3. The Morgan fingerprint density at radius 2 is 1.96 bits per heavy atom. The highest BCUT2D eigenvalue weighted by molar-refractivity contribution is 5.89. The molecule has 1 N–H and O–H groups in total. The topological polar surface area (TPSA) is 44.7 Å². The fourth-order valence-corrected chi connectivity index (χ4v) is 3.68. The number of anilines is 2. The maximum absolute atomic E-state index is 14.7. The van der Waals surface area contributed by atoms with Crippen LogP contribution in [-0.4, -0.2) is 24.7 Å². The van der Waals surface area contributed by atoms with Gasteiger partial charge in [-0.25, -0.2) is 4.39 Å². The van der Waals surface area contributed by atoms with E-state index in [0.717, 1.165) is 17.7 Å². The zero-order valence-corrected chi connectivity index (χ0v) is 16.5. The Hall–Kier alpha value is -2.69. The van der Waals surface area contributed by atoms with Gasteiger partial charge in [0.25, 0.3) is 0 Å². The second-order valence-corrected chi connectivity index (χ2v) is 7.90. The average molecular weight is 367 g/mol. The van der Waals surface area contributed by atoms with Crippen molar-refractivity contribution in [3.05, 3.63) is 53.3 Å². The van der Waals surface area contributed by atoms with Crippen LogP contribution in [-0.2, 0) is 4.79 Å². The second-order valence-electron chi connectivity index (χ2n) is 7.90. The lowest BCUT2D eigenvalue weighted by Gasteiger charge is -2.45. The summed E-state index contributed by atoms with van der Waals surface area (Å²) < 4.78 is 14.7. The van der Waals surface area contributed by atoms with Gasteiger partial charge in [-0.15, -0.1) is 0 Å². The molecule has 0 fully saturated rings. The first kappa shape index (κ1) is 19.1. The van der Waals surface area contributed by atoms with Crippen molar-refractivity contribution in [3.63, 3.8) is 0 Å². The molecule has 0 bridgehead atoms. The zero-order chi connectivity index (χ0) is 19.8. The number of nitrogens with zero attached hydrogens (tertiary/aromatic N) is 2. The minimum Gasteiger partial charge on any atom is -0.369 e. The Morgan fingerprint density at radius 1 is 1.30 bits per heavy atom. The first-order chi connectivity index (χ1) is 12.7. The number of aliphatic imine (C=N–C) groups is 1. The highest BCUT2D eigenvalue weighted by Gasteiger charge is 2.34. The van der Waals surface area contributed by atoms with Crippen LogP contribution in [0.2, 0.25) is 0 Å². The summed E-state index contributed by atoms with van der Waals surface area (Å²) >= 11 is 0. The number of fused-ring (bicyclic) bond motifs is 1. The smallest absolute Gasteiger partial charge is 0.221 e. The number of benzene rings is 2. The van der Waals surface area contributed by atoms with E-state index in [4.69, 9.17) is 0 Å². The lowest BCUT2D eigenvalue weighted by molar-refractivity contribution is -0.114. The van der Waals surface area contributed by atoms with Crippen molar-refractivity contribution in [2.24, 2.45) is 4.99 Å². The van der Waals surface area contributed by atoms with Crippen LogP contribution < -0.4 is 10.2 Å². The van der Waals surface area contributed by atoms with Gasteiger partial charge in [-0.3, -0.25) is 9.79 Å². The summed E-state index contributed by atoms with van der Waals surface area (Å²) in [5.74, 6) is -0.0374. The van der Waals surface area contributed by atoms with Crippen molar-refractivity contribution in [3.8, 4) is 0 Å². The molecule has 0 spiro atoms. The molecule has 3 rings (SSSR count). The van der Waals surface area contributed by atoms with Crippen molar-refractivity contribution >= 4 is 29.2 Å². The summed E-state index contributed by atoms with van der Waals surface area (Å²) in [6.07, 6.45) is 2.58. The molecule has 1 amide bonds. The number of carbonyl (C=O) groups excluding carboxylic acids is 1. The van der Waals surface area contributed by atoms with Gasteiger partial charge in [0, 0.05) is 42.7 Å². The van der Waals surface area contributed by atoms with Gasteiger partial charge in [-0.1, -0.05) is 6.92 Å². The van der Waals surface area contributed by atoms with Crippen molar-refractivity contribution in [2.45, 2.75) is 45.6 Å². The Balaban J connectivity index is 1.87. The summed E-state index contributed by atoms with van der Waals surface area (Å²) in [5.41, 5.74) is 4.01. The molecule has 0 saturated carbocycles. The van der Waals surface area contributed by atoms with E-state index >= 15 is 0 Å². The molecule has 27 heavy (non-hydrogen) atoms. The van der Waals surface area contributed by atoms with Crippen LogP contribution >= 0.6 is 0 Å². The van der Waals surface area contributed by atoms with Crippen LogP contribution in [0.3, 0.4) is 0 Å². The van der Waals surface area contributed by atoms with Gasteiger partial charge < -0.3 is 10.2 Å². The molecule has 0 saturated heterocycles. The fraction of sp³-hybridized carbons (Fsp3) is 0.364. The van der Waals surface area contributed by atoms with Crippen LogP contribution in [0.1, 0.15) is 51.2 Å². The Morgan fingerprint density at radius 3 is 2.59 bits per heavy atom. The molecule has 5 heteroatoms. The third-order valence-electron chi connectivity index (χ3n) is 5.29. The molecular weight excluding hydrogens is 341 g/mol. The van der Waals surface area contributed by atoms with Crippen molar-refractivity contribution < 1.29 is 9.18 Å². The zero-order valence-electron chi connectivity index (χ0n) is 16.5. The summed E-state index contributed by atoms with van der Waals surface area (Å²) in [6, 6.07) is 10.7. The molecule has 1 unspecified atom stereocenters. The summed E-state index contributed by atoms with van der Waals surface area (Å²) in [4.78, 5) is 17.6. The quantitative estimate of drug-likeness (QED) is 0.753. The molecule has 1 aliphatic heterocycles. The number of hydrogen-bond acceptors (Lipinski definition) is 3. The normalized spacial score (nSPS) is 18.4. The molecule has 4 nitrogen and oxygen atoms in total. The minimum atomic E-state index is -0.274. The summed E-state index contributed by atoms with van der Waals surface area (Å²) in [6.45, 7) is 8.02. The van der Waals surface area contributed by atoms with Gasteiger partial charge in [0.15, 0.2) is 0 Å². The van der Waals surface area contributed by atoms with E-state index in [2.05, 4.69) is 36.0 Å². The van der Waals surface area contributed by atoms with Gasteiger partial charge in [0.1, 0.15) is 5.82 Å². The first-order valence-corrected chi connectivity index (χ1v) is 9.16. The molecule has 1 aliphatic rings. The number of carbonyl (C=O) groups is 1. The number of nitrogens with one attached hydrogen (secondary N) is 1. The Bertz CT molecular complexity index is 887. The molecule has 2 aromatic carbocycles. The number of halogens is 1. The predicted molar refractivity (Wildman–Crippen MR) is 110 cm³/mol. The van der Waals surface area contributed by atoms with E-state index in [0.29, 0.717) is 22.9 Å². The van der Waals surface area contributed by atoms with Gasteiger partial charge in [-0.2, -0.15) is 0 Å². The van der Waals surface area contributed by atoms with Crippen molar-refractivity contribution in [1.29, 1.82) is 0 Å². The van der Waals surface area contributed by atoms with E-state index in [1.165, 1.54) is 6.92 Å². The SMILES string of the molecule is CC(=O)Nc1ccc(N=Cc2cc3c(cc2F)N(C)C(C)(C)CC3C)cc1. The van der Waals surface area contributed by atoms with Gasteiger partial charge >= 0.3 is 0 Å². The summed E-state index contributed by atoms with van der Waals surface area (Å²) in [7, 11) is 2.02. The van der Waals surface area contributed by atoms with Gasteiger partial charge in [0.2, 0.25) is 5.91 Å². The maximum atomic E-state index is 14.7. The predicted octanol–water partition coefficient (Wildman–Crippen LogP) is 5.26. The van der Waals surface area contributed by atoms with Crippen molar-refractivity contribution in [2.75, 3.05) is 17.3 Å². The van der Waals surface area contributed by atoms with E-state index in [-0.39, 0.29) is 17.3 Å². The highest BCUT2D eigenvalue weighted by atomic mass is 19.1. The molecule has 0 aromatic heterocycles. The first-order valence-electron chi connectivity index (χ1n) is 9.16. The lowest BCUT2D eigenvalue weighted by Crippen LogP contribution is -2.45. The van der Waals surface area contributed by atoms with Crippen LogP contribution in [0.4, 0.5) is 21.5 Å². The standard InChI is InChI=1S/C22H26FN3O/c1-14-12-22(3,4)26(5)21-11-20(23)16(10-19(14)21)13-24-17-6-8-18(9-7-17)25-15(2)27/h6-11,13-14H,12H2,1-5H3,(H,25,27). The molecule has 0 radical (unpaired) electrons. The summed E-state index contributed by atoms with van der Waals surface area (Å²) in [5, 5.41) is 2.71.